The van der Waals surface area contributed by atoms with Crippen LogP contribution in [-0.2, 0) is 19.7 Å². The number of imidazole rings is 1. The maximum absolute atomic E-state index is 9.52. The van der Waals surface area contributed by atoms with E-state index in [0.717, 1.165) is 25.3 Å². The Bertz CT molecular complexity index is 493. The van der Waals surface area contributed by atoms with Gasteiger partial charge in [-0.1, -0.05) is 19.1 Å². The molecule has 1 heterocycles. The van der Waals surface area contributed by atoms with Gasteiger partial charge in [0.2, 0.25) is 0 Å². The number of nitrogens with zero attached hydrogens (tertiary/aromatic N) is 2. The summed E-state index contributed by atoms with van der Waals surface area (Å²) < 4.78 is 4.41. The van der Waals surface area contributed by atoms with Gasteiger partial charge in [-0.2, -0.15) is 0 Å². The van der Waals surface area contributed by atoms with E-state index in [4.69, 9.17) is 0 Å². The molecule has 17 heavy (non-hydrogen) atoms. The zero-order chi connectivity index (χ0) is 11.5. The number of benzene rings is 1. The summed E-state index contributed by atoms with van der Waals surface area (Å²) in [5, 5.41) is 9.52. The second-order valence-corrected chi connectivity index (χ2v) is 3.96. The highest BCUT2D eigenvalue weighted by Crippen LogP contribution is 2.14. The molecule has 0 aliphatic rings. The normalized spacial score (nSPS) is 10.5. The summed E-state index contributed by atoms with van der Waals surface area (Å²) in [6, 6.07) is 8.34. The van der Waals surface area contributed by atoms with Gasteiger partial charge in [-0.3, -0.25) is 0 Å². The van der Waals surface area contributed by atoms with Crippen LogP contribution in [0.25, 0.3) is 11.0 Å². The molecule has 0 radical (unpaired) electrons. The van der Waals surface area contributed by atoms with Crippen molar-refractivity contribution in [2.45, 2.75) is 40.0 Å². The highest BCUT2D eigenvalue weighted by Gasteiger charge is 2.21. The van der Waals surface area contributed by atoms with Crippen molar-refractivity contribution < 1.29 is 33.7 Å². The van der Waals surface area contributed by atoms with E-state index < -0.39 is 0 Å². The molecule has 2 aromatic rings. The van der Waals surface area contributed by atoms with Crippen LogP contribution in [0.2, 0.25) is 0 Å². The van der Waals surface area contributed by atoms with Gasteiger partial charge < -0.3 is 29.1 Å². The average molecular weight is 346 g/mol. The molecule has 3 nitrogen and oxygen atoms in total. The van der Waals surface area contributed by atoms with Gasteiger partial charge in [-0.25, -0.2) is 9.13 Å². The van der Waals surface area contributed by atoms with Crippen LogP contribution in [0.4, 0.5) is 0 Å². The second-order valence-electron chi connectivity index (χ2n) is 3.96. The van der Waals surface area contributed by atoms with E-state index >= 15 is 0 Å². The summed E-state index contributed by atoms with van der Waals surface area (Å²) in [6.45, 7) is 6.23. The minimum absolute atomic E-state index is 0. The summed E-state index contributed by atoms with van der Waals surface area (Å²) in [6.07, 6.45) is 1.08. The first kappa shape index (κ1) is 14.4. The molecular formula is C13H19IN2O. The number of para-hydroxylation sites is 2. The van der Waals surface area contributed by atoms with E-state index in [2.05, 4.69) is 41.2 Å². The van der Waals surface area contributed by atoms with Crippen molar-refractivity contribution in [1.29, 1.82) is 0 Å². The van der Waals surface area contributed by atoms with Crippen LogP contribution < -0.4 is 28.5 Å². The molecule has 1 aromatic heterocycles. The lowest BCUT2D eigenvalue weighted by molar-refractivity contribution is -0.681. The third-order valence-electron chi connectivity index (χ3n) is 2.99. The third-order valence-corrected chi connectivity index (χ3v) is 2.99. The molecule has 0 unspecified atom stereocenters. The van der Waals surface area contributed by atoms with Crippen molar-refractivity contribution in [3.05, 3.63) is 30.1 Å². The molecule has 0 aliphatic carbocycles. The van der Waals surface area contributed by atoms with Crippen molar-refractivity contribution in [2.24, 2.45) is 0 Å². The Balaban J connectivity index is 0.00000144. The number of hydrogen-bond donors (Lipinski definition) is 1. The number of halogens is 1. The van der Waals surface area contributed by atoms with Crippen LogP contribution >= 0.6 is 0 Å². The fourth-order valence-corrected chi connectivity index (χ4v) is 2.34. The number of hydrogen-bond acceptors (Lipinski definition) is 1. The average Bonchev–Trinajstić information content (AvgIpc) is 2.63. The highest BCUT2D eigenvalue weighted by atomic mass is 127. The standard InChI is InChI=1S/C13H19N2O.HI/c1-3-9-15-12-8-6-5-7-11(12)14(4-2)13(15)10-16;/h5-8,16H,3-4,9-10H2,1-2H3;1H/q+1;/p-1. The molecule has 0 aliphatic heterocycles. The predicted octanol–water partition coefficient (Wildman–Crippen LogP) is -1.14. The Hall–Kier alpha value is -0.620. The molecule has 0 saturated carbocycles. The van der Waals surface area contributed by atoms with Crippen molar-refractivity contribution in [1.82, 2.24) is 4.57 Å². The quantitative estimate of drug-likeness (QED) is 0.550. The smallest absolute Gasteiger partial charge is 0.283 e. The van der Waals surface area contributed by atoms with E-state index in [1.54, 1.807) is 0 Å². The second kappa shape index (κ2) is 6.35. The van der Waals surface area contributed by atoms with Gasteiger partial charge in [0.25, 0.3) is 5.82 Å². The van der Waals surface area contributed by atoms with Gasteiger partial charge in [0.1, 0.15) is 6.61 Å². The lowest BCUT2D eigenvalue weighted by Crippen LogP contribution is -3.00. The van der Waals surface area contributed by atoms with E-state index in [0.29, 0.717) is 0 Å². The van der Waals surface area contributed by atoms with E-state index in [1.165, 1.54) is 11.0 Å². The first-order chi connectivity index (χ1) is 7.83. The minimum atomic E-state index is 0. The largest absolute Gasteiger partial charge is 1.00 e. The van der Waals surface area contributed by atoms with Gasteiger partial charge in [-0.15, -0.1) is 0 Å². The summed E-state index contributed by atoms with van der Waals surface area (Å²) in [7, 11) is 0. The van der Waals surface area contributed by atoms with Crippen LogP contribution in [0, 0.1) is 0 Å². The first-order valence-electron chi connectivity index (χ1n) is 5.94. The molecule has 0 saturated heterocycles. The topological polar surface area (TPSA) is 29.0 Å². The summed E-state index contributed by atoms with van der Waals surface area (Å²) in [4.78, 5) is 0. The van der Waals surface area contributed by atoms with Crippen LogP contribution in [0.15, 0.2) is 24.3 Å². The lowest BCUT2D eigenvalue weighted by atomic mass is 10.3. The minimum Gasteiger partial charge on any atom is -1.00 e. The summed E-state index contributed by atoms with van der Waals surface area (Å²) >= 11 is 0. The summed E-state index contributed by atoms with van der Waals surface area (Å²) in [5.74, 6) is 1.01. The number of rotatable bonds is 4. The molecule has 0 spiro atoms. The Labute approximate surface area is 119 Å². The van der Waals surface area contributed by atoms with E-state index in [9.17, 15) is 5.11 Å². The Kier molecular flexibility index (Phi) is 5.39. The molecule has 2 rings (SSSR count). The molecule has 4 heteroatoms. The predicted molar refractivity (Wildman–Crippen MR) is 64.0 cm³/mol. The molecule has 0 fully saturated rings. The summed E-state index contributed by atoms with van der Waals surface area (Å²) in [5.41, 5.74) is 2.43. The molecule has 1 N–H and O–H groups in total. The highest BCUT2D eigenvalue weighted by molar-refractivity contribution is 5.72. The zero-order valence-electron chi connectivity index (χ0n) is 10.4. The van der Waals surface area contributed by atoms with Crippen LogP contribution in [0.5, 0.6) is 0 Å². The Morgan fingerprint density at radius 2 is 1.94 bits per heavy atom. The number of aliphatic hydroxyl groups excluding tert-OH is 1. The number of aryl methyl sites for hydroxylation is 2. The van der Waals surface area contributed by atoms with E-state index in [-0.39, 0.29) is 30.6 Å². The third kappa shape index (κ3) is 2.47. The molecule has 1 aromatic carbocycles. The number of fused-ring (bicyclic) bond motifs is 1. The lowest BCUT2D eigenvalue weighted by Gasteiger charge is -1.99. The van der Waals surface area contributed by atoms with Gasteiger partial charge in [-0.05, 0) is 25.5 Å². The monoisotopic (exact) mass is 346 g/mol. The fourth-order valence-electron chi connectivity index (χ4n) is 2.34. The number of aliphatic hydroxyl groups is 1. The van der Waals surface area contributed by atoms with Crippen molar-refractivity contribution in [3.63, 3.8) is 0 Å². The Morgan fingerprint density at radius 1 is 1.24 bits per heavy atom. The van der Waals surface area contributed by atoms with Crippen LogP contribution in [0.1, 0.15) is 26.1 Å². The molecule has 0 bridgehead atoms. The zero-order valence-corrected chi connectivity index (χ0v) is 12.5. The van der Waals surface area contributed by atoms with Crippen molar-refractivity contribution in [2.75, 3.05) is 0 Å². The maximum Gasteiger partial charge on any atom is 0.283 e. The van der Waals surface area contributed by atoms with E-state index in [1.807, 2.05) is 6.07 Å². The Morgan fingerprint density at radius 3 is 2.53 bits per heavy atom. The molecule has 94 valence electrons. The van der Waals surface area contributed by atoms with Gasteiger partial charge >= 0.3 is 0 Å². The molecule has 0 atom stereocenters. The SMILES string of the molecule is CCC[n+]1c(CO)n(CC)c2ccccc21.[I-]. The van der Waals surface area contributed by atoms with Gasteiger partial charge in [0, 0.05) is 0 Å². The van der Waals surface area contributed by atoms with Crippen molar-refractivity contribution >= 4 is 11.0 Å². The van der Waals surface area contributed by atoms with Crippen LogP contribution in [0.3, 0.4) is 0 Å². The maximum atomic E-state index is 9.52. The van der Waals surface area contributed by atoms with Gasteiger partial charge in [0.05, 0.1) is 13.1 Å². The fraction of sp³-hybridized carbons (Fsp3) is 0.462. The molecule has 0 amide bonds. The number of aromatic nitrogens is 2. The van der Waals surface area contributed by atoms with Crippen LogP contribution in [-0.4, -0.2) is 9.67 Å². The molecular weight excluding hydrogens is 327 g/mol. The van der Waals surface area contributed by atoms with Gasteiger partial charge in [0.15, 0.2) is 11.0 Å². The van der Waals surface area contributed by atoms with Crippen molar-refractivity contribution in [3.8, 4) is 0 Å². The first-order valence-corrected chi connectivity index (χ1v) is 5.94.